The van der Waals surface area contributed by atoms with Gasteiger partial charge in [0.2, 0.25) is 0 Å². The van der Waals surface area contributed by atoms with E-state index in [1.807, 2.05) is 0 Å². The Morgan fingerprint density at radius 3 is 3.08 bits per heavy atom. The van der Waals surface area contributed by atoms with Crippen molar-refractivity contribution in [3.8, 4) is 0 Å². The monoisotopic (exact) mass is 179 g/mol. The molecule has 0 spiro atoms. The van der Waals surface area contributed by atoms with Crippen LogP contribution in [0.1, 0.15) is 31.1 Å². The van der Waals surface area contributed by atoms with Gasteiger partial charge in [0.15, 0.2) is 0 Å². The molecule has 1 unspecified atom stereocenters. The number of rotatable bonds is 1. The van der Waals surface area contributed by atoms with Crippen molar-refractivity contribution in [2.24, 2.45) is 0 Å². The molecule has 0 bridgehead atoms. The van der Waals surface area contributed by atoms with Crippen molar-refractivity contribution in [1.82, 2.24) is 15.3 Å². The molecule has 70 valence electrons. The van der Waals surface area contributed by atoms with E-state index in [9.17, 15) is 4.79 Å². The number of H-pyrrole nitrogens is 1. The minimum Gasteiger partial charge on any atom is -0.309 e. The maximum absolute atomic E-state index is 11.0. The minimum atomic E-state index is -0.0719. The van der Waals surface area contributed by atoms with Crippen molar-refractivity contribution >= 4 is 0 Å². The van der Waals surface area contributed by atoms with Crippen LogP contribution in [-0.2, 0) is 0 Å². The molecule has 1 aliphatic heterocycles. The summed E-state index contributed by atoms with van der Waals surface area (Å²) in [5.74, 6) is 0.771. The molecule has 1 saturated heterocycles. The molecule has 1 fully saturated rings. The highest BCUT2D eigenvalue weighted by molar-refractivity contribution is 4.97. The minimum absolute atomic E-state index is 0.0719. The van der Waals surface area contributed by atoms with Crippen LogP contribution in [0, 0.1) is 0 Å². The lowest BCUT2D eigenvalue weighted by molar-refractivity contribution is 0.396. The van der Waals surface area contributed by atoms with Crippen LogP contribution in [0.2, 0.25) is 0 Å². The molecule has 1 atom stereocenters. The van der Waals surface area contributed by atoms with Crippen LogP contribution in [0.3, 0.4) is 0 Å². The Labute approximate surface area is 76.4 Å². The normalized spacial score (nSPS) is 22.9. The number of aromatic amines is 1. The van der Waals surface area contributed by atoms with Gasteiger partial charge in [0.1, 0.15) is 5.82 Å². The van der Waals surface area contributed by atoms with Gasteiger partial charge in [-0.25, -0.2) is 4.98 Å². The van der Waals surface area contributed by atoms with Crippen LogP contribution in [-0.4, -0.2) is 16.5 Å². The molecule has 4 nitrogen and oxygen atoms in total. The fourth-order valence-corrected chi connectivity index (χ4v) is 1.65. The lowest BCUT2D eigenvalue weighted by Gasteiger charge is -2.21. The summed E-state index contributed by atoms with van der Waals surface area (Å²) in [6.45, 7) is 1.02. The van der Waals surface area contributed by atoms with E-state index in [0.29, 0.717) is 0 Å². The van der Waals surface area contributed by atoms with Gasteiger partial charge in [0, 0.05) is 12.3 Å². The zero-order valence-corrected chi connectivity index (χ0v) is 7.42. The third kappa shape index (κ3) is 1.95. The first-order valence-electron chi connectivity index (χ1n) is 4.65. The van der Waals surface area contributed by atoms with Crippen molar-refractivity contribution in [2.75, 3.05) is 6.54 Å². The number of piperidine rings is 1. The van der Waals surface area contributed by atoms with Gasteiger partial charge in [0.05, 0.1) is 6.04 Å². The van der Waals surface area contributed by atoms with Gasteiger partial charge in [-0.2, -0.15) is 0 Å². The molecule has 0 amide bonds. The van der Waals surface area contributed by atoms with E-state index in [4.69, 9.17) is 0 Å². The summed E-state index contributed by atoms with van der Waals surface area (Å²) in [7, 11) is 0. The third-order valence-electron chi connectivity index (χ3n) is 2.33. The van der Waals surface area contributed by atoms with E-state index in [-0.39, 0.29) is 11.6 Å². The van der Waals surface area contributed by atoms with Gasteiger partial charge in [0.25, 0.3) is 5.56 Å². The van der Waals surface area contributed by atoms with Gasteiger partial charge in [-0.15, -0.1) is 0 Å². The van der Waals surface area contributed by atoms with E-state index in [1.54, 1.807) is 6.20 Å². The average Bonchev–Trinajstić information content (AvgIpc) is 2.19. The summed E-state index contributed by atoms with van der Waals surface area (Å²) in [4.78, 5) is 17.9. The van der Waals surface area contributed by atoms with Crippen LogP contribution < -0.4 is 10.9 Å². The molecule has 1 aromatic heterocycles. The maximum Gasteiger partial charge on any atom is 0.250 e. The van der Waals surface area contributed by atoms with Crippen molar-refractivity contribution < 1.29 is 0 Å². The fourth-order valence-electron chi connectivity index (χ4n) is 1.65. The second kappa shape index (κ2) is 3.70. The Kier molecular flexibility index (Phi) is 2.40. The lowest BCUT2D eigenvalue weighted by atomic mass is 10.0. The van der Waals surface area contributed by atoms with Crippen LogP contribution in [0.25, 0.3) is 0 Å². The van der Waals surface area contributed by atoms with E-state index in [2.05, 4.69) is 15.3 Å². The van der Waals surface area contributed by atoms with Gasteiger partial charge in [-0.1, -0.05) is 6.42 Å². The summed E-state index contributed by atoms with van der Waals surface area (Å²) in [6, 6.07) is 1.68. The second-order valence-electron chi connectivity index (χ2n) is 3.32. The van der Waals surface area contributed by atoms with E-state index in [1.165, 1.54) is 18.9 Å². The lowest BCUT2D eigenvalue weighted by Crippen LogP contribution is -2.29. The summed E-state index contributed by atoms with van der Waals surface area (Å²) >= 11 is 0. The smallest absolute Gasteiger partial charge is 0.250 e. The molecule has 2 N–H and O–H groups in total. The van der Waals surface area contributed by atoms with Crippen LogP contribution >= 0.6 is 0 Å². The Morgan fingerprint density at radius 2 is 2.38 bits per heavy atom. The predicted octanol–water partition coefficient (Wildman–Crippen LogP) is 0.585. The van der Waals surface area contributed by atoms with Crippen LogP contribution in [0.5, 0.6) is 0 Å². The van der Waals surface area contributed by atoms with Gasteiger partial charge in [-0.3, -0.25) is 4.79 Å². The first-order chi connectivity index (χ1) is 6.36. The average molecular weight is 179 g/mol. The second-order valence-corrected chi connectivity index (χ2v) is 3.32. The molecule has 2 rings (SSSR count). The number of nitrogens with zero attached hydrogens (tertiary/aromatic N) is 1. The van der Waals surface area contributed by atoms with E-state index >= 15 is 0 Å². The molecule has 1 aromatic rings. The van der Waals surface area contributed by atoms with Gasteiger partial charge >= 0.3 is 0 Å². The van der Waals surface area contributed by atoms with Crippen molar-refractivity contribution in [2.45, 2.75) is 25.3 Å². The Hall–Kier alpha value is -1.16. The largest absolute Gasteiger partial charge is 0.309 e. The number of hydrogen-bond acceptors (Lipinski definition) is 3. The molecule has 13 heavy (non-hydrogen) atoms. The Bertz CT molecular complexity index is 328. The van der Waals surface area contributed by atoms with Crippen LogP contribution in [0.15, 0.2) is 17.1 Å². The molecular formula is C9H13N3O. The first-order valence-corrected chi connectivity index (χ1v) is 4.65. The van der Waals surface area contributed by atoms with E-state index in [0.717, 1.165) is 18.8 Å². The zero-order valence-electron chi connectivity index (χ0n) is 7.42. The molecule has 1 aliphatic rings. The summed E-state index contributed by atoms with van der Waals surface area (Å²) < 4.78 is 0. The highest BCUT2D eigenvalue weighted by Gasteiger charge is 2.15. The van der Waals surface area contributed by atoms with Crippen LogP contribution in [0.4, 0.5) is 0 Å². The van der Waals surface area contributed by atoms with Gasteiger partial charge < -0.3 is 10.3 Å². The molecular weight excluding hydrogens is 166 g/mol. The fraction of sp³-hybridized carbons (Fsp3) is 0.556. The Morgan fingerprint density at radius 1 is 1.46 bits per heavy atom. The highest BCUT2D eigenvalue weighted by atomic mass is 16.1. The van der Waals surface area contributed by atoms with E-state index < -0.39 is 0 Å². The van der Waals surface area contributed by atoms with Crippen molar-refractivity contribution in [3.63, 3.8) is 0 Å². The summed E-state index contributed by atoms with van der Waals surface area (Å²) in [5.41, 5.74) is -0.0719. The Balaban J connectivity index is 2.19. The summed E-state index contributed by atoms with van der Waals surface area (Å²) in [5, 5.41) is 3.33. The summed E-state index contributed by atoms with van der Waals surface area (Å²) in [6.07, 6.45) is 5.04. The molecule has 2 heterocycles. The molecule has 0 aliphatic carbocycles. The SMILES string of the molecule is O=c1ccnc(C2CCCCN2)[nH]1. The highest BCUT2D eigenvalue weighted by Crippen LogP contribution is 2.18. The zero-order chi connectivity index (χ0) is 9.10. The van der Waals surface area contributed by atoms with Gasteiger partial charge in [-0.05, 0) is 19.4 Å². The quantitative estimate of drug-likeness (QED) is 0.663. The first kappa shape index (κ1) is 8.44. The molecule has 4 heteroatoms. The molecule has 0 saturated carbocycles. The maximum atomic E-state index is 11.0. The number of nitrogens with one attached hydrogen (secondary N) is 2. The predicted molar refractivity (Wildman–Crippen MR) is 49.5 cm³/mol. The third-order valence-corrected chi connectivity index (χ3v) is 2.33. The number of aromatic nitrogens is 2. The topological polar surface area (TPSA) is 57.8 Å². The number of hydrogen-bond donors (Lipinski definition) is 2. The van der Waals surface area contributed by atoms with Crippen molar-refractivity contribution in [3.05, 3.63) is 28.4 Å². The molecule has 0 aromatic carbocycles. The standard InChI is InChI=1S/C9H13N3O/c13-8-4-6-11-9(12-8)7-3-1-2-5-10-7/h4,6-7,10H,1-3,5H2,(H,11,12,13). The van der Waals surface area contributed by atoms with Crippen molar-refractivity contribution in [1.29, 1.82) is 0 Å². The molecule has 0 radical (unpaired) electrons.